The molecule has 0 radical (unpaired) electrons. The van der Waals surface area contributed by atoms with Gasteiger partial charge in [-0.3, -0.25) is 14.5 Å². The van der Waals surface area contributed by atoms with Gasteiger partial charge in [0.25, 0.3) is 0 Å². The van der Waals surface area contributed by atoms with Crippen molar-refractivity contribution in [1.82, 2.24) is 10.2 Å². The summed E-state index contributed by atoms with van der Waals surface area (Å²) in [5.41, 5.74) is 0. The summed E-state index contributed by atoms with van der Waals surface area (Å²) < 4.78 is 0. The van der Waals surface area contributed by atoms with E-state index < -0.39 is 5.97 Å². The fraction of sp³-hybridized carbons (Fsp3) is 0.846. The molecule has 0 aromatic rings. The van der Waals surface area contributed by atoms with E-state index in [-0.39, 0.29) is 18.9 Å². The van der Waals surface area contributed by atoms with Crippen LogP contribution in [0.5, 0.6) is 0 Å². The molecule has 0 aromatic carbocycles. The lowest BCUT2D eigenvalue weighted by Crippen LogP contribution is -2.46. The molecule has 1 aliphatic heterocycles. The Morgan fingerprint density at radius 2 is 2.11 bits per heavy atom. The molecule has 0 saturated carbocycles. The Morgan fingerprint density at radius 3 is 2.79 bits per heavy atom. The molecule has 19 heavy (non-hydrogen) atoms. The van der Waals surface area contributed by atoms with Crippen LogP contribution in [0, 0.1) is 0 Å². The predicted octanol–water partition coefficient (Wildman–Crippen LogP) is 0.204. The molecule has 1 aliphatic rings. The number of aliphatic carboxylic acids is 1. The minimum absolute atomic E-state index is 0.0600. The van der Waals surface area contributed by atoms with Crippen LogP contribution in [-0.4, -0.2) is 59.3 Å². The van der Waals surface area contributed by atoms with Gasteiger partial charge in [-0.05, 0) is 32.2 Å². The number of rotatable bonds is 8. The fourth-order valence-corrected chi connectivity index (χ4v) is 2.45. The first-order valence-electron chi connectivity index (χ1n) is 6.97. The van der Waals surface area contributed by atoms with Gasteiger partial charge in [-0.15, -0.1) is 0 Å². The maximum Gasteiger partial charge on any atom is 0.303 e. The molecular formula is C13H24N2O4. The van der Waals surface area contributed by atoms with Crippen molar-refractivity contribution in [2.45, 2.75) is 44.6 Å². The molecule has 1 atom stereocenters. The maximum atomic E-state index is 11.7. The van der Waals surface area contributed by atoms with Crippen molar-refractivity contribution in [3.63, 3.8) is 0 Å². The van der Waals surface area contributed by atoms with Gasteiger partial charge in [-0.25, -0.2) is 0 Å². The van der Waals surface area contributed by atoms with Crippen molar-refractivity contribution in [3.05, 3.63) is 0 Å². The predicted molar refractivity (Wildman–Crippen MR) is 70.8 cm³/mol. The Labute approximate surface area is 113 Å². The van der Waals surface area contributed by atoms with Crippen molar-refractivity contribution in [3.8, 4) is 0 Å². The Morgan fingerprint density at radius 1 is 1.32 bits per heavy atom. The van der Waals surface area contributed by atoms with E-state index in [1.54, 1.807) is 0 Å². The standard InChI is InChI=1S/C13H24N2O4/c16-9-6-11-4-1-2-8-15(11)10-12(17)14-7-3-5-13(18)19/h11,16H,1-10H2,(H,14,17)(H,18,19). The quantitative estimate of drug-likeness (QED) is 0.549. The third-order valence-corrected chi connectivity index (χ3v) is 3.45. The number of hydrogen-bond acceptors (Lipinski definition) is 4. The van der Waals surface area contributed by atoms with Gasteiger partial charge in [0, 0.05) is 25.6 Å². The van der Waals surface area contributed by atoms with Crippen molar-refractivity contribution < 1.29 is 19.8 Å². The zero-order valence-corrected chi connectivity index (χ0v) is 11.3. The number of likely N-dealkylation sites (tertiary alicyclic amines) is 1. The van der Waals surface area contributed by atoms with E-state index in [0.717, 1.165) is 25.8 Å². The molecule has 0 bridgehead atoms. The van der Waals surface area contributed by atoms with E-state index >= 15 is 0 Å². The minimum Gasteiger partial charge on any atom is -0.481 e. The van der Waals surface area contributed by atoms with Crippen LogP contribution in [-0.2, 0) is 9.59 Å². The van der Waals surface area contributed by atoms with E-state index in [4.69, 9.17) is 10.2 Å². The van der Waals surface area contributed by atoms with Crippen LogP contribution in [0.15, 0.2) is 0 Å². The highest BCUT2D eigenvalue weighted by molar-refractivity contribution is 5.78. The van der Waals surface area contributed by atoms with E-state index in [2.05, 4.69) is 10.2 Å². The number of carboxylic acid groups (broad SMARTS) is 1. The molecule has 1 rings (SSSR count). The fourth-order valence-electron chi connectivity index (χ4n) is 2.45. The van der Waals surface area contributed by atoms with E-state index in [0.29, 0.717) is 32.0 Å². The average Bonchev–Trinajstić information content (AvgIpc) is 2.37. The van der Waals surface area contributed by atoms with Gasteiger partial charge in [0.2, 0.25) is 5.91 Å². The van der Waals surface area contributed by atoms with Crippen LogP contribution >= 0.6 is 0 Å². The SMILES string of the molecule is O=C(O)CCCNC(=O)CN1CCCCC1CCO. The van der Waals surface area contributed by atoms with Crippen LogP contribution in [0.25, 0.3) is 0 Å². The van der Waals surface area contributed by atoms with E-state index in [1.165, 1.54) is 0 Å². The van der Waals surface area contributed by atoms with Crippen molar-refractivity contribution >= 4 is 11.9 Å². The van der Waals surface area contributed by atoms with Crippen LogP contribution in [0.4, 0.5) is 0 Å². The molecule has 1 heterocycles. The molecular weight excluding hydrogens is 248 g/mol. The topological polar surface area (TPSA) is 89.9 Å². The summed E-state index contributed by atoms with van der Waals surface area (Å²) in [5.74, 6) is -0.900. The number of amides is 1. The number of aliphatic hydroxyl groups excluding tert-OH is 1. The summed E-state index contributed by atoms with van der Waals surface area (Å²) in [7, 11) is 0. The van der Waals surface area contributed by atoms with Gasteiger partial charge >= 0.3 is 5.97 Å². The van der Waals surface area contributed by atoms with Crippen LogP contribution in [0.1, 0.15) is 38.5 Å². The Bertz CT molecular complexity index is 294. The van der Waals surface area contributed by atoms with Crippen molar-refractivity contribution in [2.24, 2.45) is 0 Å². The molecule has 1 amide bonds. The smallest absolute Gasteiger partial charge is 0.303 e. The number of hydrogen-bond donors (Lipinski definition) is 3. The van der Waals surface area contributed by atoms with Crippen molar-refractivity contribution in [1.29, 1.82) is 0 Å². The highest BCUT2D eigenvalue weighted by Crippen LogP contribution is 2.18. The van der Waals surface area contributed by atoms with E-state index in [1.807, 2.05) is 0 Å². The average molecular weight is 272 g/mol. The molecule has 0 spiro atoms. The highest BCUT2D eigenvalue weighted by atomic mass is 16.4. The number of carbonyl (C=O) groups excluding carboxylic acids is 1. The summed E-state index contributed by atoms with van der Waals surface area (Å²) in [5, 5.41) is 20.2. The van der Waals surface area contributed by atoms with Gasteiger partial charge in [0.1, 0.15) is 0 Å². The summed E-state index contributed by atoms with van der Waals surface area (Å²) in [6.07, 6.45) is 4.53. The summed E-state index contributed by atoms with van der Waals surface area (Å²) >= 11 is 0. The largest absolute Gasteiger partial charge is 0.481 e. The minimum atomic E-state index is -0.840. The number of nitrogens with zero attached hydrogens (tertiary/aromatic N) is 1. The lowest BCUT2D eigenvalue weighted by Gasteiger charge is -2.34. The maximum absolute atomic E-state index is 11.7. The normalized spacial score (nSPS) is 20.2. The van der Waals surface area contributed by atoms with Gasteiger partial charge in [-0.1, -0.05) is 6.42 Å². The number of piperidine rings is 1. The number of carbonyl (C=O) groups is 2. The second kappa shape index (κ2) is 8.87. The third-order valence-electron chi connectivity index (χ3n) is 3.45. The van der Waals surface area contributed by atoms with Crippen LogP contribution in [0.3, 0.4) is 0 Å². The van der Waals surface area contributed by atoms with Gasteiger partial charge in [0.15, 0.2) is 0 Å². The van der Waals surface area contributed by atoms with Gasteiger partial charge < -0.3 is 15.5 Å². The van der Waals surface area contributed by atoms with Crippen LogP contribution < -0.4 is 5.32 Å². The summed E-state index contributed by atoms with van der Waals surface area (Å²) in [6, 6.07) is 0.295. The lowest BCUT2D eigenvalue weighted by molar-refractivity contribution is -0.137. The zero-order chi connectivity index (χ0) is 14.1. The molecule has 0 aliphatic carbocycles. The first kappa shape index (κ1) is 15.9. The Balaban J connectivity index is 2.23. The van der Waals surface area contributed by atoms with Crippen LogP contribution in [0.2, 0.25) is 0 Å². The first-order valence-corrected chi connectivity index (χ1v) is 6.97. The zero-order valence-electron chi connectivity index (χ0n) is 11.3. The summed E-state index contributed by atoms with van der Waals surface area (Å²) in [4.78, 5) is 24.2. The lowest BCUT2D eigenvalue weighted by atomic mass is 10.00. The molecule has 0 aromatic heterocycles. The Kier molecular flexibility index (Phi) is 7.43. The first-order chi connectivity index (χ1) is 9.13. The molecule has 1 unspecified atom stereocenters. The number of nitrogens with one attached hydrogen (secondary N) is 1. The second-order valence-electron chi connectivity index (χ2n) is 4.98. The summed E-state index contributed by atoms with van der Waals surface area (Å²) in [6.45, 7) is 1.80. The van der Waals surface area contributed by atoms with Gasteiger partial charge in [0.05, 0.1) is 6.54 Å². The molecule has 6 nitrogen and oxygen atoms in total. The molecule has 6 heteroatoms. The molecule has 110 valence electrons. The second-order valence-corrected chi connectivity index (χ2v) is 4.98. The highest BCUT2D eigenvalue weighted by Gasteiger charge is 2.23. The molecule has 3 N–H and O–H groups in total. The number of carboxylic acids is 1. The Hall–Kier alpha value is -1.14. The van der Waals surface area contributed by atoms with Gasteiger partial charge in [-0.2, -0.15) is 0 Å². The van der Waals surface area contributed by atoms with Crippen molar-refractivity contribution in [2.75, 3.05) is 26.2 Å². The molecule has 1 saturated heterocycles. The molecule has 1 fully saturated rings. The third kappa shape index (κ3) is 6.54. The van der Waals surface area contributed by atoms with E-state index in [9.17, 15) is 9.59 Å². The monoisotopic (exact) mass is 272 g/mol. The number of aliphatic hydroxyl groups is 1.